The van der Waals surface area contributed by atoms with Gasteiger partial charge in [-0.3, -0.25) is 6.08 Å². The molecule has 2 nitrogen and oxygen atoms in total. The molecule has 1 aliphatic rings. The van der Waals surface area contributed by atoms with Gasteiger partial charge in [0.05, 0.1) is 5.91 Å². The van der Waals surface area contributed by atoms with Gasteiger partial charge in [0.15, 0.2) is 0 Å². The topological polar surface area (TPSA) is 40.9 Å². The van der Waals surface area contributed by atoms with Gasteiger partial charge in [0.1, 0.15) is 9.52 Å². The van der Waals surface area contributed by atoms with Crippen LogP contribution in [-0.4, -0.2) is 15.4 Å². The summed E-state index contributed by atoms with van der Waals surface area (Å²) in [6.45, 7) is 10.5. The number of amides is 1. The third-order valence-corrected chi connectivity index (χ3v) is 6.71. The normalized spacial score (nSPS) is 13.3. The fourth-order valence-corrected chi connectivity index (χ4v) is 4.25. The summed E-state index contributed by atoms with van der Waals surface area (Å²) < 4.78 is 0. The van der Waals surface area contributed by atoms with Gasteiger partial charge in [-0.1, -0.05) is 122 Å². The zero-order valence-corrected chi connectivity index (χ0v) is 26.9. The van der Waals surface area contributed by atoms with E-state index in [1.807, 2.05) is 19.1 Å². The van der Waals surface area contributed by atoms with E-state index in [1.165, 1.54) is 27.1 Å². The van der Waals surface area contributed by atoms with Gasteiger partial charge in [-0.15, -0.1) is 6.92 Å². The first-order valence-electron chi connectivity index (χ1n) is 10.8. The number of nitrogens with one attached hydrogen (secondary N) is 1. The molecule has 1 aliphatic carbocycles. The van der Waals surface area contributed by atoms with Crippen molar-refractivity contribution in [2.45, 2.75) is 34.6 Å². The third-order valence-electron chi connectivity index (χ3n) is 5.46. The predicted molar refractivity (Wildman–Crippen MR) is 138 cm³/mol. The van der Waals surface area contributed by atoms with Crippen LogP contribution >= 0.6 is 0 Å². The summed E-state index contributed by atoms with van der Waals surface area (Å²) in [5.74, 6) is -0.0527. The number of hydrogen-bond acceptors (Lipinski definition) is 1. The Labute approximate surface area is 244 Å². The van der Waals surface area contributed by atoms with E-state index in [0.717, 1.165) is 15.1 Å². The van der Waals surface area contributed by atoms with E-state index >= 15 is 0 Å². The first-order valence-corrected chi connectivity index (χ1v) is 11.8. The van der Waals surface area contributed by atoms with Crippen molar-refractivity contribution < 1.29 is 55.5 Å². The van der Waals surface area contributed by atoms with Gasteiger partial charge < -0.3 is 35.3 Å². The van der Waals surface area contributed by atoms with E-state index in [1.54, 1.807) is 12.1 Å². The maximum Gasteiger partial charge on any atom is 4.00 e. The number of carbonyl (C=O) groups is 1. The standard InChI is InChI=1S/C12H10Si.C9H13.C8H9NO.2ClH.Hf/c1-3-7-11(8-4-1)13-12-9-5-2-6-10-12;1-6-5-7(2)9(4)8(6)3;1-6-4-2-3-5-7(6)8(9)10;;;/h1-10H;6H,1-4H3;2-5H,1H3,(H2,9,10);2*1H;/q;-1;;;;+4/p-3. The van der Waals surface area contributed by atoms with E-state index in [0.29, 0.717) is 11.5 Å². The second-order valence-corrected chi connectivity index (χ2v) is 9.20. The number of halogens is 2. The smallest absolute Gasteiger partial charge is 1.00 e. The number of hydrogen-bond donors (Lipinski definition) is 0. The Balaban J connectivity index is 0. The van der Waals surface area contributed by atoms with Crippen LogP contribution in [0.3, 0.4) is 0 Å². The number of allylic oxidation sites excluding steroid dienone is 4. The predicted octanol–water partition coefficient (Wildman–Crippen LogP) is 0.257. The van der Waals surface area contributed by atoms with Crippen LogP contribution in [0.15, 0.2) is 102 Å². The van der Waals surface area contributed by atoms with Crippen molar-refractivity contribution >= 4 is 25.8 Å². The Morgan fingerprint density at radius 3 is 1.49 bits per heavy atom. The van der Waals surface area contributed by atoms with Gasteiger partial charge in [-0.25, -0.2) is 5.57 Å². The molecule has 3 aromatic carbocycles. The van der Waals surface area contributed by atoms with Crippen LogP contribution in [0.2, 0.25) is 0 Å². The van der Waals surface area contributed by atoms with Crippen molar-refractivity contribution in [2.75, 3.05) is 0 Å². The van der Waals surface area contributed by atoms with Crippen LogP contribution in [0.1, 0.15) is 43.6 Å². The second-order valence-electron chi connectivity index (χ2n) is 7.80. The third kappa shape index (κ3) is 12.2. The molecule has 1 atom stereocenters. The second kappa shape index (κ2) is 18.5. The van der Waals surface area contributed by atoms with E-state index < -0.39 is 5.91 Å². The van der Waals surface area contributed by atoms with Gasteiger partial charge in [0, 0.05) is 5.56 Å². The van der Waals surface area contributed by atoms with Crippen LogP contribution in [0.25, 0.3) is 5.73 Å². The van der Waals surface area contributed by atoms with Crippen molar-refractivity contribution in [2.24, 2.45) is 5.92 Å². The molecular weight excluding hydrogens is 656 g/mol. The molecular formula is C29H31Cl2HfNOSi. The Bertz CT molecular complexity index is 1050. The van der Waals surface area contributed by atoms with Crippen LogP contribution in [-0.2, 0) is 25.8 Å². The Kier molecular flexibility index (Phi) is 18.8. The molecule has 0 aliphatic heterocycles. The number of rotatable bonds is 3. The molecule has 1 N–H and O–H groups in total. The summed E-state index contributed by atoms with van der Waals surface area (Å²) in [7, 11) is 0.777. The molecule has 0 heterocycles. The zero-order chi connectivity index (χ0) is 23.5. The molecule has 0 fully saturated rings. The van der Waals surface area contributed by atoms with E-state index in [2.05, 4.69) is 94.4 Å². The molecule has 0 aromatic heterocycles. The van der Waals surface area contributed by atoms with Crippen LogP contribution in [0, 0.1) is 18.9 Å². The summed E-state index contributed by atoms with van der Waals surface area (Å²) in [5.41, 5.74) is 12.4. The molecule has 4 rings (SSSR count). The quantitative estimate of drug-likeness (QED) is 0.288. The van der Waals surface area contributed by atoms with E-state index in [9.17, 15) is 4.79 Å². The molecule has 35 heavy (non-hydrogen) atoms. The summed E-state index contributed by atoms with van der Waals surface area (Å²) in [6.07, 6.45) is 3.36. The molecule has 6 heteroatoms. The Morgan fingerprint density at radius 2 is 1.20 bits per heavy atom. The fraction of sp³-hybridized carbons (Fsp3) is 0.207. The Morgan fingerprint density at radius 1 is 0.771 bits per heavy atom. The molecule has 0 bridgehead atoms. The van der Waals surface area contributed by atoms with Gasteiger partial charge >= 0.3 is 25.8 Å². The van der Waals surface area contributed by atoms with E-state index in [4.69, 9.17) is 5.73 Å². The van der Waals surface area contributed by atoms with Gasteiger partial charge in [-0.05, 0) is 12.5 Å². The molecule has 180 valence electrons. The van der Waals surface area contributed by atoms with Crippen LogP contribution in [0.5, 0.6) is 0 Å². The summed E-state index contributed by atoms with van der Waals surface area (Å²) in [6, 6.07) is 28.2. The molecule has 1 unspecified atom stereocenters. The summed E-state index contributed by atoms with van der Waals surface area (Å²) in [5, 5.41) is 2.79. The molecule has 0 saturated carbocycles. The summed E-state index contributed by atoms with van der Waals surface area (Å²) >= 11 is 0. The van der Waals surface area contributed by atoms with Crippen molar-refractivity contribution in [3.63, 3.8) is 0 Å². The maximum atomic E-state index is 10.5. The minimum absolute atomic E-state index is 0. The molecule has 1 amide bonds. The van der Waals surface area contributed by atoms with Gasteiger partial charge in [0.2, 0.25) is 0 Å². The summed E-state index contributed by atoms with van der Waals surface area (Å²) in [4.78, 5) is 10.5. The Hall–Kier alpha value is -1.72. The van der Waals surface area contributed by atoms with Gasteiger partial charge in [-0.2, -0.15) is 11.1 Å². The van der Waals surface area contributed by atoms with Crippen LogP contribution < -0.4 is 35.2 Å². The van der Waals surface area contributed by atoms with E-state index in [-0.39, 0.29) is 50.7 Å². The minimum atomic E-state index is -0.613. The first-order chi connectivity index (χ1) is 15.3. The fourth-order valence-electron chi connectivity index (χ4n) is 3.20. The number of benzene rings is 3. The van der Waals surface area contributed by atoms with Crippen LogP contribution in [0.4, 0.5) is 0 Å². The average molecular weight is 687 g/mol. The molecule has 3 aromatic rings. The molecule has 0 spiro atoms. The van der Waals surface area contributed by atoms with Crippen molar-refractivity contribution in [1.29, 1.82) is 0 Å². The monoisotopic (exact) mass is 687 g/mol. The zero-order valence-electron chi connectivity index (χ0n) is 20.8. The SMILES string of the molecule is CC1=[C-]C(C)C(C)=C1C.Cc1ccccc1C([NH-])=O.[Cl-].[Cl-].[Hf+4].c1ccc([Si]c2ccccc2)cc1. The molecule has 2 radical (unpaired) electrons. The molecule has 0 saturated heterocycles. The van der Waals surface area contributed by atoms with Crippen molar-refractivity contribution in [1.82, 2.24) is 0 Å². The minimum Gasteiger partial charge on any atom is -1.00 e. The average Bonchev–Trinajstić information content (AvgIpc) is 3.01. The number of carbonyl (C=O) groups excluding carboxylic acids is 1. The maximum absolute atomic E-state index is 10.5. The van der Waals surface area contributed by atoms with Crippen molar-refractivity contribution in [3.8, 4) is 0 Å². The van der Waals surface area contributed by atoms with Crippen molar-refractivity contribution in [3.05, 3.63) is 125 Å². The number of aryl methyl sites for hydroxylation is 1. The van der Waals surface area contributed by atoms with Gasteiger partial charge in [0.25, 0.3) is 0 Å². The largest absolute Gasteiger partial charge is 4.00 e. The first kappa shape index (κ1) is 35.4.